The molecule has 6 nitrogen and oxygen atoms in total. The highest BCUT2D eigenvalue weighted by Gasteiger charge is 2.05. The number of guanidine groups is 1. The molecular weight excluding hydrogens is 475 g/mol. The first-order valence-electron chi connectivity index (χ1n) is 8.78. The lowest BCUT2D eigenvalue weighted by atomic mass is 10.1. The first-order chi connectivity index (χ1) is 12.7. The third kappa shape index (κ3) is 7.53. The van der Waals surface area contributed by atoms with Crippen LogP contribution in [0.4, 0.5) is 0 Å². The maximum atomic E-state index is 5.34. The fraction of sp³-hybridized carbons (Fsp3) is 0.474. The highest BCUT2D eigenvalue weighted by atomic mass is 127. The lowest BCUT2D eigenvalue weighted by Gasteiger charge is -2.12. The van der Waals surface area contributed by atoms with Crippen molar-refractivity contribution in [3.05, 3.63) is 39.8 Å². The first kappa shape index (κ1) is 23.5. The van der Waals surface area contributed by atoms with Gasteiger partial charge in [0.1, 0.15) is 0 Å². The molecular formula is C19H29IN4O2S. The summed E-state index contributed by atoms with van der Waals surface area (Å²) < 4.78 is 10.6. The van der Waals surface area contributed by atoms with Gasteiger partial charge in [-0.2, -0.15) is 0 Å². The number of nitrogens with zero attached hydrogens (tertiary/aromatic N) is 2. The van der Waals surface area contributed by atoms with Crippen LogP contribution in [0.1, 0.15) is 23.2 Å². The topological polar surface area (TPSA) is 67.8 Å². The second-order valence-corrected chi connectivity index (χ2v) is 6.64. The predicted molar refractivity (Wildman–Crippen MR) is 123 cm³/mol. The van der Waals surface area contributed by atoms with E-state index in [-0.39, 0.29) is 24.0 Å². The zero-order valence-electron chi connectivity index (χ0n) is 16.4. The molecule has 0 aliphatic rings. The maximum absolute atomic E-state index is 5.34. The van der Waals surface area contributed by atoms with E-state index in [9.17, 15) is 0 Å². The molecule has 1 aromatic heterocycles. The van der Waals surface area contributed by atoms with Gasteiger partial charge in [-0.15, -0.1) is 35.3 Å². The van der Waals surface area contributed by atoms with Gasteiger partial charge in [0.05, 0.1) is 24.9 Å². The Balaban J connectivity index is 0.00000364. The third-order valence-corrected chi connectivity index (χ3v) is 4.99. The molecule has 2 aromatic rings. The number of hydrogen-bond acceptors (Lipinski definition) is 5. The van der Waals surface area contributed by atoms with Crippen LogP contribution in [0.15, 0.2) is 28.6 Å². The number of aromatic nitrogens is 1. The van der Waals surface area contributed by atoms with Crippen LogP contribution in [0, 0.1) is 0 Å². The number of rotatable bonds is 9. The van der Waals surface area contributed by atoms with Crippen molar-refractivity contribution in [1.29, 1.82) is 0 Å². The van der Waals surface area contributed by atoms with Crippen molar-refractivity contribution < 1.29 is 9.47 Å². The highest BCUT2D eigenvalue weighted by molar-refractivity contribution is 14.0. The highest BCUT2D eigenvalue weighted by Crippen LogP contribution is 2.27. The number of nitrogens with one attached hydrogen (secondary N) is 2. The molecule has 0 bridgehead atoms. The number of methoxy groups -OCH3 is 2. The maximum Gasteiger partial charge on any atom is 0.190 e. The Morgan fingerprint density at radius 1 is 1.11 bits per heavy atom. The third-order valence-electron chi connectivity index (χ3n) is 3.95. The molecule has 0 radical (unpaired) electrons. The summed E-state index contributed by atoms with van der Waals surface area (Å²) in [6.07, 6.45) is 2.76. The van der Waals surface area contributed by atoms with E-state index >= 15 is 0 Å². The zero-order valence-corrected chi connectivity index (χ0v) is 19.5. The van der Waals surface area contributed by atoms with Crippen LogP contribution in [0.5, 0.6) is 11.5 Å². The van der Waals surface area contributed by atoms with E-state index in [1.54, 1.807) is 32.6 Å². The number of ether oxygens (including phenoxy) is 2. The number of thiazole rings is 1. The van der Waals surface area contributed by atoms with Gasteiger partial charge in [-0.05, 0) is 30.5 Å². The lowest BCUT2D eigenvalue weighted by Crippen LogP contribution is -2.39. The molecule has 2 rings (SSSR count). The largest absolute Gasteiger partial charge is 0.493 e. The van der Waals surface area contributed by atoms with Gasteiger partial charge in [0, 0.05) is 31.9 Å². The summed E-state index contributed by atoms with van der Waals surface area (Å²) >= 11 is 1.73. The first-order valence-corrected chi connectivity index (χ1v) is 9.66. The van der Waals surface area contributed by atoms with Crippen LogP contribution < -0.4 is 20.1 Å². The number of halogens is 1. The van der Waals surface area contributed by atoms with Gasteiger partial charge in [0.15, 0.2) is 17.5 Å². The number of benzene rings is 1. The second-order valence-electron chi connectivity index (χ2n) is 5.70. The van der Waals surface area contributed by atoms with Gasteiger partial charge >= 0.3 is 0 Å². The smallest absolute Gasteiger partial charge is 0.190 e. The summed E-state index contributed by atoms with van der Waals surface area (Å²) in [7, 11) is 5.07. The average Bonchev–Trinajstić information content (AvgIpc) is 3.14. The van der Waals surface area contributed by atoms with Crippen molar-refractivity contribution in [2.24, 2.45) is 4.99 Å². The lowest BCUT2D eigenvalue weighted by molar-refractivity contribution is 0.354. The van der Waals surface area contributed by atoms with E-state index < -0.39 is 0 Å². The van der Waals surface area contributed by atoms with Crippen LogP contribution in [0.3, 0.4) is 0 Å². The molecule has 1 heterocycles. The van der Waals surface area contributed by atoms with Crippen LogP contribution in [0.25, 0.3) is 0 Å². The second kappa shape index (κ2) is 12.8. The molecule has 0 aliphatic carbocycles. The summed E-state index contributed by atoms with van der Waals surface area (Å²) in [4.78, 5) is 8.84. The standard InChI is InChI=1S/C19H28N4O2S.HI/c1-5-18-23-15(13-26-18)9-11-22-19(20-2)21-10-8-14-6-7-16(24-3)17(12-14)25-4;/h6-7,12-13H,5,8-11H2,1-4H3,(H2,20,21,22);1H. The molecule has 0 aliphatic heterocycles. The van der Waals surface area contributed by atoms with Crippen LogP contribution in [-0.4, -0.2) is 45.3 Å². The molecule has 150 valence electrons. The van der Waals surface area contributed by atoms with Crippen molar-refractivity contribution in [3.63, 3.8) is 0 Å². The summed E-state index contributed by atoms with van der Waals surface area (Å²) in [5.74, 6) is 2.30. The molecule has 0 saturated heterocycles. The molecule has 1 aromatic carbocycles. The van der Waals surface area contributed by atoms with Gasteiger partial charge in [-0.25, -0.2) is 4.98 Å². The van der Waals surface area contributed by atoms with Crippen molar-refractivity contribution in [2.45, 2.75) is 26.2 Å². The molecule has 8 heteroatoms. The minimum atomic E-state index is 0. The van der Waals surface area contributed by atoms with Crippen molar-refractivity contribution in [2.75, 3.05) is 34.4 Å². The Bertz CT molecular complexity index is 721. The van der Waals surface area contributed by atoms with Crippen molar-refractivity contribution in [1.82, 2.24) is 15.6 Å². The van der Waals surface area contributed by atoms with Crippen molar-refractivity contribution in [3.8, 4) is 11.5 Å². The molecule has 27 heavy (non-hydrogen) atoms. The molecule has 0 amide bonds. The van der Waals surface area contributed by atoms with E-state index in [4.69, 9.17) is 9.47 Å². The van der Waals surface area contributed by atoms with Crippen LogP contribution in [0.2, 0.25) is 0 Å². The van der Waals surface area contributed by atoms with E-state index in [1.165, 1.54) is 10.6 Å². The minimum Gasteiger partial charge on any atom is -0.493 e. The Kier molecular flexibility index (Phi) is 11.1. The van der Waals surface area contributed by atoms with Gasteiger partial charge in [-0.1, -0.05) is 13.0 Å². The summed E-state index contributed by atoms with van der Waals surface area (Å²) in [6, 6.07) is 5.98. The van der Waals surface area contributed by atoms with Gasteiger partial charge < -0.3 is 20.1 Å². The molecule has 0 atom stereocenters. The SMILES string of the molecule is CCc1nc(CCNC(=NC)NCCc2ccc(OC)c(OC)c2)cs1.I. The summed E-state index contributed by atoms with van der Waals surface area (Å²) in [5, 5.41) is 9.99. The predicted octanol–water partition coefficient (Wildman–Crippen LogP) is 3.29. The Hall–Kier alpha value is -1.55. The minimum absolute atomic E-state index is 0. The molecule has 0 unspecified atom stereocenters. The fourth-order valence-corrected chi connectivity index (χ4v) is 3.30. The zero-order chi connectivity index (χ0) is 18.8. The fourth-order valence-electron chi connectivity index (χ4n) is 2.52. The van der Waals surface area contributed by atoms with E-state index in [0.717, 1.165) is 55.5 Å². The van der Waals surface area contributed by atoms with E-state index in [2.05, 4.69) is 32.9 Å². The molecule has 0 fully saturated rings. The normalized spacial score (nSPS) is 10.9. The van der Waals surface area contributed by atoms with Crippen molar-refractivity contribution >= 4 is 41.3 Å². The number of aryl methyl sites for hydroxylation is 1. The van der Waals surface area contributed by atoms with Crippen LogP contribution >= 0.6 is 35.3 Å². The van der Waals surface area contributed by atoms with E-state index in [0.29, 0.717) is 0 Å². The van der Waals surface area contributed by atoms with Gasteiger partial charge in [0.25, 0.3) is 0 Å². The number of hydrogen-bond donors (Lipinski definition) is 2. The van der Waals surface area contributed by atoms with Gasteiger partial charge in [0.2, 0.25) is 0 Å². The molecule has 2 N–H and O–H groups in total. The monoisotopic (exact) mass is 504 g/mol. The summed E-state index contributed by atoms with van der Waals surface area (Å²) in [5.41, 5.74) is 2.32. The quantitative estimate of drug-likeness (QED) is 0.312. The Morgan fingerprint density at radius 2 is 1.81 bits per heavy atom. The summed E-state index contributed by atoms with van der Waals surface area (Å²) in [6.45, 7) is 3.72. The number of aliphatic imine (C=N–C) groups is 1. The Labute approximate surface area is 182 Å². The Morgan fingerprint density at radius 3 is 2.41 bits per heavy atom. The molecule has 0 spiro atoms. The average molecular weight is 504 g/mol. The molecule has 0 saturated carbocycles. The van der Waals surface area contributed by atoms with Crippen LogP contribution in [-0.2, 0) is 19.3 Å². The van der Waals surface area contributed by atoms with E-state index in [1.807, 2.05) is 18.2 Å². The van der Waals surface area contributed by atoms with Gasteiger partial charge in [-0.3, -0.25) is 4.99 Å².